The number of nitrogens with one attached hydrogen (secondary N) is 2. The van der Waals surface area contributed by atoms with Gasteiger partial charge >= 0.3 is 0 Å². The summed E-state index contributed by atoms with van der Waals surface area (Å²) in [5.74, 6) is 0.0589. The third-order valence-electron chi connectivity index (χ3n) is 3.01. The maximum absolute atomic E-state index is 12.1. The van der Waals surface area contributed by atoms with Gasteiger partial charge in [-0.2, -0.15) is 5.10 Å². The Balaban J connectivity index is 2.08. The van der Waals surface area contributed by atoms with E-state index in [1.165, 1.54) is 13.1 Å². The lowest BCUT2D eigenvalue weighted by atomic mass is 10.2. The van der Waals surface area contributed by atoms with Crippen LogP contribution in [0.1, 0.15) is 22.8 Å². The molecule has 7 heteroatoms. The van der Waals surface area contributed by atoms with Gasteiger partial charge in [-0.25, -0.2) is 5.43 Å². The van der Waals surface area contributed by atoms with E-state index in [-0.39, 0.29) is 11.8 Å². The van der Waals surface area contributed by atoms with Crippen LogP contribution in [0.2, 0.25) is 0 Å². The molecule has 0 aliphatic heterocycles. The van der Waals surface area contributed by atoms with E-state index in [0.717, 1.165) is 10.0 Å². The molecule has 0 aromatic heterocycles. The minimum atomic E-state index is -0.382. The molecule has 124 valence electrons. The maximum atomic E-state index is 12.1. The Bertz CT molecular complexity index is 790. The molecule has 0 bridgehead atoms. The number of hydrazone groups is 1. The lowest BCUT2D eigenvalue weighted by Crippen LogP contribution is -2.18. The minimum absolute atomic E-state index is 0.202. The van der Waals surface area contributed by atoms with Gasteiger partial charge in [-0.05, 0) is 36.4 Å². The highest BCUT2D eigenvalue weighted by atomic mass is 79.9. The molecule has 2 aromatic rings. The number of hydrogen-bond acceptors (Lipinski definition) is 4. The molecule has 0 saturated carbocycles. The van der Waals surface area contributed by atoms with Crippen molar-refractivity contribution in [2.45, 2.75) is 6.92 Å². The molecule has 2 amide bonds. The Morgan fingerprint density at radius 1 is 1.21 bits per heavy atom. The normalized spacial score (nSPS) is 10.5. The van der Waals surface area contributed by atoms with Crippen LogP contribution in [0.4, 0.5) is 5.69 Å². The van der Waals surface area contributed by atoms with Crippen molar-refractivity contribution in [3.63, 3.8) is 0 Å². The summed E-state index contributed by atoms with van der Waals surface area (Å²) in [5.41, 5.74) is 4.10. The van der Waals surface area contributed by atoms with Crippen LogP contribution in [0.25, 0.3) is 0 Å². The number of anilines is 1. The van der Waals surface area contributed by atoms with Gasteiger partial charge < -0.3 is 10.1 Å². The fraction of sp³-hybridized carbons (Fsp3) is 0.118. The van der Waals surface area contributed by atoms with Crippen LogP contribution in [0.5, 0.6) is 5.75 Å². The van der Waals surface area contributed by atoms with Crippen molar-refractivity contribution < 1.29 is 14.3 Å². The van der Waals surface area contributed by atoms with Gasteiger partial charge in [0.05, 0.1) is 13.3 Å². The summed E-state index contributed by atoms with van der Waals surface area (Å²) in [7, 11) is 1.56. The third kappa shape index (κ3) is 4.92. The number of benzene rings is 2. The van der Waals surface area contributed by atoms with Crippen LogP contribution in [-0.4, -0.2) is 25.1 Å². The number of carbonyl (C=O) groups is 2. The number of methoxy groups -OCH3 is 1. The van der Waals surface area contributed by atoms with Crippen LogP contribution in [0.3, 0.4) is 0 Å². The largest absolute Gasteiger partial charge is 0.496 e. The first kappa shape index (κ1) is 17.7. The van der Waals surface area contributed by atoms with E-state index in [0.29, 0.717) is 17.0 Å². The number of halogens is 1. The Kier molecular flexibility index (Phi) is 6.08. The zero-order chi connectivity index (χ0) is 17.5. The topological polar surface area (TPSA) is 79.8 Å². The number of ether oxygens (including phenoxy) is 1. The number of hydrogen-bond donors (Lipinski definition) is 2. The first-order valence-corrected chi connectivity index (χ1v) is 7.83. The molecule has 0 radical (unpaired) electrons. The SMILES string of the molecule is COc1ccc(Br)cc1/C=N\NC(=O)c1cccc(NC(C)=O)c1. The molecular formula is C17H16BrN3O3. The summed E-state index contributed by atoms with van der Waals surface area (Å²) in [6.45, 7) is 1.41. The predicted molar refractivity (Wildman–Crippen MR) is 96.5 cm³/mol. The van der Waals surface area contributed by atoms with Crippen molar-refractivity contribution in [1.82, 2.24) is 5.43 Å². The van der Waals surface area contributed by atoms with E-state index in [4.69, 9.17) is 4.74 Å². The molecule has 6 nitrogen and oxygen atoms in total. The Labute approximate surface area is 148 Å². The summed E-state index contributed by atoms with van der Waals surface area (Å²) >= 11 is 3.37. The average molecular weight is 390 g/mol. The fourth-order valence-corrected chi connectivity index (χ4v) is 2.35. The highest BCUT2D eigenvalue weighted by Gasteiger charge is 2.06. The second-order valence-corrected chi connectivity index (χ2v) is 5.76. The van der Waals surface area contributed by atoms with E-state index in [2.05, 4.69) is 31.8 Å². The molecule has 0 spiro atoms. The molecule has 0 aliphatic carbocycles. The molecule has 2 N–H and O–H groups in total. The third-order valence-corrected chi connectivity index (χ3v) is 3.50. The summed E-state index contributed by atoms with van der Waals surface area (Å²) < 4.78 is 6.10. The van der Waals surface area contributed by atoms with Crippen molar-refractivity contribution in [1.29, 1.82) is 0 Å². The molecule has 2 rings (SSSR count). The van der Waals surface area contributed by atoms with Crippen LogP contribution < -0.4 is 15.5 Å². The quantitative estimate of drug-likeness (QED) is 0.608. The molecule has 0 saturated heterocycles. The van der Waals surface area contributed by atoms with Crippen LogP contribution in [-0.2, 0) is 4.79 Å². The smallest absolute Gasteiger partial charge is 0.271 e. The first-order valence-electron chi connectivity index (χ1n) is 7.04. The molecular weight excluding hydrogens is 374 g/mol. The zero-order valence-electron chi connectivity index (χ0n) is 13.2. The van der Waals surface area contributed by atoms with Gasteiger partial charge in [0.2, 0.25) is 5.91 Å². The lowest BCUT2D eigenvalue weighted by Gasteiger charge is -2.06. The van der Waals surface area contributed by atoms with E-state index in [9.17, 15) is 9.59 Å². The lowest BCUT2D eigenvalue weighted by molar-refractivity contribution is -0.114. The molecule has 0 heterocycles. The number of amides is 2. The Morgan fingerprint density at radius 2 is 2.00 bits per heavy atom. The molecule has 0 aliphatic rings. The minimum Gasteiger partial charge on any atom is -0.496 e. The molecule has 0 fully saturated rings. The van der Waals surface area contributed by atoms with Gasteiger partial charge in [0, 0.05) is 28.2 Å². The second kappa shape index (κ2) is 8.26. The van der Waals surface area contributed by atoms with Gasteiger partial charge in [0.25, 0.3) is 5.91 Å². The van der Waals surface area contributed by atoms with Gasteiger partial charge in [-0.1, -0.05) is 22.0 Å². The van der Waals surface area contributed by atoms with Crippen molar-refractivity contribution in [2.75, 3.05) is 12.4 Å². The fourth-order valence-electron chi connectivity index (χ4n) is 1.97. The summed E-state index contributed by atoms with van der Waals surface area (Å²) in [5, 5.41) is 6.57. The average Bonchev–Trinajstić information content (AvgIpc) is 2.54. The zero-order valence-corrected chi connectivity index (χ0v) is 14.8. The number of carbonyl (C=O) groups excluding carboxylic acids is 2. The summed E-state index contributed by atoms with van der Waals surface area (Å²) in [4.78, 5) is 23.2. The number of rotatable bonds is 5. The van der Waals surface area contributed by atoms with E-state index in [1.807, 2.05) is 12.1 Å². The van der Waals surface area contributed by atoms with Crippen molar-refractivity contribution in [2.24, 2.45) is 5.10 Å². The first-order chi connectivity index (χ1) is 11.5. The maximum Gasteiger partial charge on any atom is 0.271 e. The van der Waals surface area contributed by atoms with Crippen molar-refractivity contribution >= 4 is 39.6 Å². The van der Waals surface area contributed by atoms with Crippen molar-refractivity contribution in [3.8, 4) is 5.75 Å². The Hall–Kier alpha value is -2.67. The monoisotopic (exact) mass is 389 g/mol. The highest BCUT2D eigenvalue weighted by molar-refractivity contribution is 9.10. The van der Waals surface area contributed by atoms with Crippen molar-refractivity contribution in [3.05, 3.63) is 58.1 Å². The van der Waals surface area contributed by atoms with Gasteiger partial charge in [-0.3, -0.25) is 9.59 Å². The molecule has 24 heavy (non-hydrogen) atoms. The molecule has 0 unspecified atom stereocenters. The standard InChI is InChI=1S/C17H16BrN3O3/c1-11(22)20-15-5-3-4-12(9-15)17(23)21-19-10-13-8-14(18)6-7-16(13)24-2/h3-10H,1-2H3,(H,20,22)(H,21,23)/b19-10-. The molecule has 2 aromatic carbocycles. The van der Waals surface area contributed by atoms with Gasteiger partial charge in [0.15, 0.2) is 0 Å². The number of nitrogens with zero attached hydrogens (tertiary/aromatic N) is 1. The summed E-state index contributed by atoms with van der Waals surface area (Å²) in [6, 6.07) is 12.1. The second-order valence-electron chi connectivity index (χ2n) is 4.85. The summed E-state index contributed by atoms with van der Waals surface area (Å²) in [6.07, 6.45) is 1.50. The Morgan fingerprint density at radius 3 is 2.71 bits per heavy atom. The highest BCUT2D eigenvalue weighted by Crippen LogP contribution is 2.21. The molecule has 0 atom stereocenters. The van der Waals surface area contributed by atoms with Crippen LogP contribution in [0, 0.1) is 0 Å². The van der Waals surface area contributed by atoms with E-state index >= 15 is 0 Å². The van der Waals surface area contributed by atoms with Crippen LogP contribution >= 0.6 is 15.9 Å². The van der Waals surface area contributed by atoms with Crippen LogP contribution in [0.15, 0.2) is 52.0 Å². The van der Waals surface area contributed by atoms with E-state index in [1.54, 1.807) is 37.4 Å². The van der Waals surface area contributed by atoms with E-state index < -0.39 is 0 Å². The van der Waals surface area contributed by atoms with Gasteiger partial charge in [-0.15, -0.1) is 0 Å². The predicted octanol–water partition coefficient (Wildman–Crippen LogP) is 3.18. The van der Waals surface area contributed by atoms with Gasteiger partial charge in [0.1, 0.15) is 5.75 Å².